The molecule has 76 valence electrons. The van der Waals surface area contributed by atoms with E-state index in [1.807, 2.05) is 13.8 Å². The highest BCUT2D eigenvalue weighted by Crippen LogP contribution is 2.40. The molecular weight excluding hydrogens is 219 g/mol. The molecule has 0 bridgehead atoms. The summed E-state index contributed by atoms with van der Waals surface area (Å²) < 4.78 is 0. The number of aromatic nitrogens is 2. The van der Waals surface area contributed by atoms with E-state index in [0.717, 1.165) is 24.2 Å². The molecule has 2 rings (SSSR count). The van der Waals surface area contributed by atoms with Gasteiger partial charge in [-0.15, -0.1) is 0 Å². The van der Waals surface area contributed by atoms with Gasteiger partial charge in [-0.2, -0.15) is 0 Å². The van der Waals surface area contributed by atoms with Crippen LogP contribution in [0.2, 0.25) is 10.3 Å². The molecule has 0 radical (unpaired) electrons. The highest BCUT2D eigenvalue weighted by Gasteiger charge is 2.28. The van der Waals surface area contributed by atoms with Crippen molar-refractivity contribution >= 4 is 23.2 Å². The normalized spacial score (nSPS) is 16.4. The molecule has 1 aromatic rings. The van der Waals surface area contributed by atoms with Gasteiger partial charge in [-0.3, -0.25) is 0 Å². The number of rotatable bonds is 2. The molecule has 0 N–H and O–H groups in total. The first-order chi connectivity index (χ1) is 6.59. The van der Waals surface area contributed by atoms with Gasteiger partial charge in [-0.05, 0) is 18.8 Å². The van der Waals surface area contributed by atoms with Crippen molar-refractivity contribution in [2.45, 2.75) is 38.5 Å². The van der Waals surface area contributed by atoms with Crippen molar-refractivity contribution in [3.05, 3.63) is 21.7 Å². The Bertz CT molecular complexity index is 336. The van der Waals surface area contributed by atoms with Gasteiger partial charge in [0.05, 0.1) is 0 Å². The van der Waals surface area contributed by atoms with Gasteiger partial charge in [0, 0.05) is 11.5 Å². The first kappa shape index (κ1) is 10.2. The van der Waals surface area contributed by atoms with Crippen LogP contribution < -0.4 is 0 Å². The van der Waals surface area contributed by atoms with Crippen LogP contribution in [0, 0.1) is 0 Å². The average Bonchev–Trinajstić information content (AvgIpc) is 2.83. The molecule has 1 heterocycles. The lowest BCUT2D eigenvalue weighted by Gasteiger charge is -2.10. The third-order valence-electron chi connectivity index (χ3n) is 2.39. The highest BCUT2D eigenvalue weighted by molar-refractivity contribution is 6.34. The van der Waals surface area contributed by atoms with Crippen molar-refractivity contribution in [3.8, 4) is 0 Å². The summed E-state index contributed by atoms with van der Waals surface area (Å²) in [7, 11) is 0. The lowest BCUT2D eigenvalue weighted by Crippen LogP contribution is -2.00. The van der Waals surface area contributed by atoms with Crippen LogP contribution in [0.4, 0.5) is 0 Å². The molecule has 1 saturated carbocycles. The molecule has 1 aliphatic carbocycles. The van der Waals surface area contributed by atoms with Crippen LogP contribution in [0.3, 0.4) is 0 Å². The van der Waals surface area contributed by atoms with Crippen LogP contribution in [0.25, 0.3) is 0 Å². The fraction of sp³-hybridized carbons (Fsp3) is 0.600. The van der Waals surface area contributed by atoms with E-state index in [2.05, 4.69) is 9.97 Å². The van der Waals surface area contributed by atoms with E-state index < -0.39 is 0 Å². The fourth-order valence-corrected chi connectivity index (χ4v) is 2.27. The van der Waals surface area contributed by atoms with Gasteiger partial charge >= 0.3 is 0 Å². The van der Waals surface area contributed by atoms with E-state index in [-0.39, 0.29) is 5.92 Å². The van der Waals surface area contributed by atoms with Gasteiger partial charge in [0.1, 0.15) is 16.1 Å². The molecule has 4 heteroatoms. The van der Waals surface area contributed by atoms with Crippen LogP contribution >= 0.6 is 23.2 Å². The Kier molecular flexibility index (Phi) is 2.67. The van der Waals surface area contributed by atoms with Gasteiger partial charge in [0.2, 0.25) is 0 Å². The van der Waals surface area contributed by atoms with Crippen LogP contribution in [0.5, 0.6) is 0 Å². The first-order valence-corrected chi connectivity index (χ1v) is 5.58. The zero-order valence-electron chi connectivity index (χ0n) is 8.22. The fourth-order valence-electron chi connectivity index (χ4n) is 1.43. The monoisotopic (exact) mass is 230 g/mol. The van der Waals surface area contributed by atoms with Gasteiger partial charge in [0.15, 0.2) is 0 Å². The van der Waals surface area contributed by atoms with Crippen molar-refractivity contribution < 1.29 is 0 Å². The number of nitrogens with zero attached hydrogens (tertiary/aromatic N) is 2. The molecule has 0 aliphatic heterocycles. The minimum atomic E-state index is 0.267. The third-order valence-corrected chi connectivity index (χ3v) is 2.97. The Morgan fingerprint density at radius 3 is 2.00 bits per heavy atom. The Labute approximate surface area is 93.7 Å². The maximum absolute atomic E-state index is 6.07. The molecule has 1 fully saturated rings. The summed E-state index contributed by atoms with van der Waals surface area (Å²) in [6.07, 6.45) is 2.32. The molecule has 14 heavy (non-hydrogen) atoms. The Hall–Kier alpha value is -0.340. The summed E-state index contributed by atoms with van der Waals surface area (Å²) in [4.78, 5) is 8.57. The van der Waals surface area contributed by atoms with Crippen molar-refractivity contribution in [1.29, 1.82) is 0 Å². The Morgan fingerprint density at radius 2 is 1.64 bits per heavy atom. The third kappa shape index (κ3) is 1.86. The van der Waals surface area contributed by atoms with E-state index >= 15 is 0 Å². The summed E-state index contributed by atoms with van der Waals surface area (Å²) in [6, 6.07) is 0. The number of halogens is 2. The molecule has 1 aliphatic rings. The second-order valence-electron chi connectivity index (χ2n) is 4.01. The van der Waals surface area contributed by atoms with Crippen molar-refractivity contribution in [3.63, 3.8) is 0 Å². The van der Waals surface area contributed by atoms with E-state index in [9.17, 15) is 0 Å². The summed E-state index contributed by atoms with van der Waals surface area (Å²) in [6.45, 7) is 4.07. The predicted molar refractivity (Wildman–Crippen MR) is 58.1 cm³/mol. The smallest absolute Gasteiger partial charge is 0.137 e. The van der Waals surface area contributed by atoms with Crippen LogP contribution in [-0.2, 0) is 0 Å². The molecule has 0 unspecified atom stereocenters. The van der Waals surface area contributed by atoms with E-state index in [1.165, 1.54) is 0 Å². The topological polar surface area (TPSA) is 25.8 Å². The number of hydrogen-bond acceptors (Lipinski definition) is 2. The molecule has 0 amide bonds. The van der Waals surface area contributed by atoms with Crippen LogP contribution in [-0.4, -0.2) is 9.97 Å². The molecule has 1 aromatic heterocycles. The predicted octanol–water partition coefficient (Wildman–Crippen LogP) is 3.78. The molecular formula is C10H12Cl2N2. The van der Waals surface area contributed by atoms with Gasteiger partial charge in [-0.1, -0.05) is 37.0 Å². The summed E-state index contributed by atoms with van der Waals surface area (Å²) in [5, 5.41) is 1.03. The summed E-state index contributed by atoms with van der Waals surface area (Å²) >= 11 is 12.1. The van der Waals surface area contributed by atoms with E-state index in [1.54, 1.807) is 0 Å². The van der Waals surface area contributed by atoms with Crippen LogP contribution in [0.15, 0.2) is 0 Å². The maximum Gasteiger partial charge on any atom is 0.137 e. The molecule has 0 saturated heterocycles. The molecule has 0 atom stereocenters. The van der Waals surface area contributed by atoms with Gasteiger partial charge in [-0.25, -0.2) is 9.97 Å². The standard InChI is InChI=1S/C10H12Cl2N2/c1-5(2)7-8(11)13-10(6-3-4-6)14-9(7)12/h5-6H,3-4H2,1-2H3. The Morgan fingerprint density at radius 1 is 1.14 bits per heavy atom. The zero-order chi connectivity index (χ0) is 10.3. The lowest BCUT2D eigenvalue weighted by atomic mass is 10.1. The van der Waals surface area contributed by atoms with Crippen LogP contribution in [0.1, 0.15) is 49.9 Å². The maximum atomic E-state index is 6.07. The SMILES string of the molecule is CC(C)c1c(Cl)nc(C2CC2)nc1Cl. The van der Waals surface area contributed by atoms with Gasteiger partial charge in [0.25, 0.3) is 0 Å². The van der Waals surface area contributed by atoms with E-state index in [0.29, 0.717) is 16.2 Å². The largest absolute Gasteiger partial charge is 0.221 e. The van der Waals surface area contributed by atoms with Crippen molar-refractivity contribution in [1.82, 2.24) is 9.97 Å². The molecule has 0 spiro atoms. The van der Waals surface area contributed by atoms with Gasteiger partial charge < -0.3 is 0 Å². The lowest BCUT2D eigenvalue weighted by molar-refractivity contribution is 0.823. The number of hydrogen-bond donors (Lipinski definition) is 0. The highest BCUT2D eigenvalue weighted by atomic mass is 35.5. The van der Waals surface area contributed by atoms with Crippen molar-refractivity contribution in [2.75, 3.05) is 0 Å². The zero-order valence-corrected chi connectivity index (χ0v) is 9.73. The van der Waals surface area contributed by atoms with E-state index in [4.69, 9.17) is 23.2 Å². The first-order valence-electron chi connectivity index (χ1n) is 4.82. The Balaban J connectivity index is 2.43. The second-order valence-corrected chi connectivity index (χ2v) is 4.72. The quantitative estimate of drug-likeness (QED) is 0.723. The van der Waals surface area contributed by atoms with Crippen molar-refractivity contribution in [2.24, 2.45) is 0 Å². The minimum Gasteiger partial charge on any atom is -0.221 e. The average molecular weight is 231 g/mol. The minimum absolute atomic E-state index is 0.267. The molecule has 2 nitrogen and oxygen atoms in total. The summed E-state index contributed by atoms with van der Waals surface area (Å²) in [5.74, 6) is 1.57. The summed E-state index contributed by atoms with van der Waals surface area (Å²) in [5.41, 5.74) is 0.859. The molecule has 0 aromatic carbocycles. The second kappa shape index (κ2) is 3.67.